The Morgan fingerprint density at radius 1 is 1.29 bits per heavy atom. The molecule has 0 aliphatic heterocycles. The van der Waals surface area contributed by atoms with Gasteiger partial charge in [-0.05, 0) is 64.5 Å². The standard InChI is InChI=1S/C24H30N4O4S2/c1-5-11-28-21(16-10-12-31-15(16)4)26-27-24(28)33-13-19(29)25-22-20(23(30)32-14(2)3)17-8-6-7-9-18(17)34-22/h10,12,14H,5-9,11,13H2,1-4H3,(H,25,29). The number of nitrogens with one attached hydrogen (secondary N) is 1. The molecule has 0 unspecified atom stereocenters. The molecule has 0 saturated carbocycles. The van der Waals surface area contributed by atoms with E-state index in [-0.39, 0.29) is 23.7 Å². The highest BCUT2D eigenvalue weighted by atomic mass is 32.2. The molecule has 182 valence electrons. The van der Waals surface area contributed by atoms with Crippen LogP contribution in [0.4, 0.5) is 5.00 Å². The summed E-state index contributed by atoms with van der Waals surface area (Å²) in [5, 5.41) is 12.9. The molecule has 0 atom stereocenters. The van der Waals surface area contributed by atoms with Crippen LogP contribution in [0.3, 0.4) is 0 Å². The van der Waals surface area contributed by atoms with Crippen molar-refractivity contribution >= 4 is 40.0 Å². The largest absolute Gasteiger partial charge is 0.469 e. The van der Waals surface area contributed by atoms with Crippen LogP contribution in [0.25, 0.3) is 11.4 Å². The number of hydrogen-bond acceptors (Lipinski definition) is 8. The van der Waals surface area contributed by atoms with Crippen molar-refractivity contribution in [1.82, 2.24) is 14.8 Å². The molecule has 3 aromatic heterocycles. The van der Waals surface area contributed by atoms with Crippen molar-refractivity contribution < 1.29 is 18.7 Å². The molecule has 1 N–H and O–H groups in total. The molecule has 4 rings (SSSR count). The van der Waals surface area contributed by atoms with Crippen LogP contribution in [0.15, 0.2) is 21.9 Å². The Labute approximate surface area is 207 Å². The zero-order valence-corrected chi connectivity index (χ0v) is 21.6. The van der Waals surface area contributed by atoms with Crippen molar-refractivity contribution in [3.05, 3.63) is 34.1 Å². The molecule has 1 aliphatic rings. The third-order valence-electron chi connectivity index (χ3n) is 5.57. The molecule has 1 aliphatic carbocycles. The van der Waals surface area contributed by atoms with Crippen LogP contribution in [0.1, 0.15) is 66.6 Å². The van der Waals surface area contributed by atoms with Gasteiger partial charge < -0.3 is 19.0 Å². The van der Waals surface area contributed by atoms with Gasteiger partial charge in [-0.1, -0.05) is 18.7 Å². The normalized spacial score (nSPS) is 13.2. The fraction of sp³-hybridized carbons (Fsp3) is 0.500. The summed E-state index contributed by atoms with van der Waals surface area (Å²) >= 11 is 2.83. The van der Waals surface area contributed by atoms with Gasteiger partial charge in [0.05, 0.1) is 29.2 Å². The van der Waals surface area contributed by atoms with Crippen LogP contribution < -0.4 is 5.32 Å². The van der Waals surface area contributed by atoms with Gasteiger partial charge in [0.25, 0.3) is 0 Å². The smallest absolute Gasteiger partial charge is 0.341 e. The lowest BCUT2D eigenvalue weighted by molar-refractivity contribution is -0.113. The van der Waals surface area contributed by atoms with Crippen LogP contribution >= 0.6 is 23.1 Å². The number of aryl methyl sites for hydroxylation is 2. The lowest BCUT2D eigenvalue weighted by atomic mass is 9.95. The fourth-order valence-electron chi connectivity index (χ4n) is 4.07. The minimum Gasteiger partial charge on any atom is -0.469 e. The van der Waals surface area contributed by atoms with Crippen molar-refractivity contribution in [3.8, 4) is 11.4 Å². The molecule has 3 aromatic rings. The molecule has 34 heavy (non-hydrogen) atoms. The summed E-state index contributed by atoms with van der Waals surface area (Å²) in [5.41, 5.74) is 2.46. The maximum absolute atomic E-state index is 12.9. The first kappa shape index (κ1) is 24.5. The van der Waals surface area contributed by atoms with E-state index in [1.807, 2.05) is 31.4 Å². The average molecular weight is 503 g/mol. The molecular formula is C24H30N4O4S2. The summed E-state index contributed by atoms with van der Waals surface area (Å²) in [6.07, 6.45) is 6.24. The number of thioether (sulfide) groups is 1. The summed E-state index contributed by atoms with van der Waals surface area (Å²) in [7, 11) is 0. The summed E-state index contributed by atoms with van der Waals surface area (Å²) in [5.74, 6) is 1.13. The van der Waals surface area contributed by atoms with Gasteiger partial charge in [0.15, 0.2) is 11.0 Å². The van der Waals surface area contributed by atoms with Crippen LogP contribution in [-0.2, 0) is 28.9 Å². The Morgan fingerprint density at radius 3 is 2.79 bits per heavy atom. The Kier molecular flexibility index (Phi) is 7.77. The highest BCUT2D eigenvalue weighted by Gasteiger charge is 2.28. The summed E-state index contributed by atoms with van der Waals surface area (Å²) in [4.78, 5) is 26.9. The van der Waals surface area contributed by atoms with E-state index < -0.39 is 0 Å². The van der Waals surface area contributed by atoms with Crippen molar-refractivity contribution in [2.24, 2.45) is 0 Å². The van der Waals surface area contributed by atoms with E-state index in [9.17, 15) is 9.59 Å². The Bertz CT molecular complexity index is 1180. The molecule has 10 heteroatoms. The number of carbonyl (C=O) groups is 2. The number of carbonyl (C=O) groups excluding carboxylic acids is 2. The van der Waals surface area contributed by atoms with Gasteiger partial charge in [-0.25, -0.2) is 4.79 Å². The predicted octanol–water partition coefficient (Wildman–Crippen LogP) is 5.49. The molecular weight excluding hydrogens is 472 g/mol. The number of nitrogens with zero attached hydrogens (tertiary/aromatic N) is 3. The fourth-order valence-corrected chi connectivity index (χ4v) is 6.13. The molecule has 0 spiro atoms. The van der Waals surface area contributed by atoms with Gasteiger partial charge in [0.1, 0.15) is 10.8 Å². The predicted molar refractivity (Wildman–Crippen MR) is 134 cm³/mol. The molecule has 0 aromatic carbocycles. The molecule has 3 heterocycles. The quantitative estimate of drug-likeness (QED) is 0.305. The Hall–Kier alpha value is -2.59. The molecule has 8 nitrogen and oxygen atoms in total. The number of thiophene rings is 1. The second kappa shape index (κ2) is 10.8. The van der Waals surface area contributed by atoms with Crippen molar-refractivity contribution in [2.45, 2.75) is 77.6 Å². The molecule has 0 fully saturated rings. The second-order valence-corrected chi connectivity index (χ2v) is 10.6. The maximum Gasteiger partial charge on any atom is 0.341 e. The van der Waals surface area contributed by atoms with Gasteiger partial charge >= 0.3 is 5.97 Å². The van der Waals surface area contributed by atoms with Gasteiger partial charge in [0.2, 0.25) is 5.91 Å². The van der Waals surface area contributed by atoms with Crippen LogP contribution in [0.2, 0.25) is 0 Å². The molecule has 0 saturated heterocycles. The first-order valence-electron chi connectivity index (χ1n) is 11.6. The van der Waals surface area contributed by atoms with Crippen LogP contribution in [0.5, 0.6) is 0 Å². The average Bonchev–Trinajstić information content (AvgIpc) is 3.48. The molecule has 0 radical (unpaired) electrons. The third-order valence-corrected chi connectivity index (χ3v) is 7.74. The number of ether oxygens (including phenoxy) is 1. The van der Waals surface area contributed by atoms with Crippen molar-refractivity contribution in [3.63, 3.8) is 0 Å². The number of anilines is 1. The number of hydrogen-bond donors (Lipinski definition) is 1. The second-order valence-electron chi connectivity index (χ2n) is 8.55. The van der Waals surface area contributed by atoms with E-state index in [1.54, 1.807) is 6.26 Å². The number of esters is 1. The first-order chi connectivity index (χ1) is 16.4. The van der Waals surface area contributed by atoms with E-state index in [1.165, 1.54) is 28.0 Å². The van der Waals surface area contributed by atoms with Gasteiger partial charge in [0, 0.05) is 11.4 Å². The summed E-state index contributed by atoms with van der Waals surface area (Å²) < 4.78 is 12.9. The number of fused-ring (bicyclic) bond motifs is 1. The Balaban J connectivity index is 1.50. The van der Waals surface area contributed by atoms with Crippen molar-refractivity contribution in [1.29, 1.82) is 0 Å². The van der Waals surface area contributed by atoms with Gasteiger partial charge in [-0.15, -0.1) is 21.5 Å². The minimum atomic E-state index is -0.361. The number of aromatic nitrogens is 3. The summed E-state index contributed by atoms with van der Waals surface area (Å²) in [6.45, 7) is 8.38. The number of rotatable bonds is 9. The van der Waals surface area contributed by atoms with E-state index in [0.717, 1.165) is 61.4 Å². The first-order valence-corrected chi connectivity index (χ1v) is 13.4. The monoisotopic (exact) mass is 502 g/mol. The SMILES string of the molecule is CCCn1c(SCC(=O)Nc2sc3c(c2C(=O)OC(C)C)CCCC3)nnc1-c1ccoc1C. The lowest BCUT2D eigenvalue weighted by Gasteiger charge is -2.14. The lowest BCUT2D eigenvalue weighted by Crippen LogP contribution is -2.19. The minimum absolute atomic E-state index is 0.160. The van der Waals surface area contributed by atoms with Crippen LogP contribution in [0, 0.1) is 6.92 Å². The summed E-state index contributed by atoms with van der Waals surface area (Å²) in [6, 6.07) is 1.88. The van der Waals surface area contributed by atoms with Gasteiger partial charge in [-0.2, -0.15) is 0 Å². The van der Waals surface area contributed by atoms with E-state index in [2.05, 4.69) is 22.4 Å². The highest BCUT2D eigenvalue weighted by Crippen LogP contribution is 2.39. The molecule has 0 bridgehead atoms. The highest BCUT2D eigenvalue weighted by molar-refractivity contribution is 7.99. The van der Waals surface area contributed by atoms with E-state index in [4.69, 9.17) is 9.15 Å². The maximum atomic E-state index is 12.9. The van der Waals surface area contributed by atoms with Crippen molar-refractivity contribution in [2.75, 3.05) is 11.1 Å². The van der Waals surface area contributed by atoms with E-state index in [0.29, 0.717) is 15.7 Å². The zero-order valence-electron chi connectivity index (χ0n) is 20.0. The van der Waals surface area contributed by atoms with E-state index >= 15 is 0 Å². The molecule has 1 amide bonds. The zero-order chi connectivity index (χ0) is 24.2. The Morgan fingerprint density at radius 2 is 2.09 bits per heavy atom. The number of amides is 1. The number of furan rings is 1. The third kappa shape index (κ3) is 5.22. The van der Waals surface area contributed by atoms with Gasteiger partial charge in [-0.3, -0.25) is 4.79 Å². The van der Waals surface area contributed by atoms with Crippen LogP contribution in [-0.4, -0.2) is 38.5 Å². The topological polar surface area (TPSA) is 99.2 Å².